The molecule has 21 heavy (non-hydrogen) atoms. The number of carbonyl (C=O) groups excluding carboxylic acids is 1. The molecule has 0 radical (unpaired) electrons. The average molecular weight is 303 g/mol. The van der Waals surface area contributed by atoms with Crippen LogP contribution in [-0.4, -0.2) is 24.0 Å². The van der Waals surface area contributed by atoms with Gasteiger partial charge in [0.15, 0.2) is 0 Å². The number of thiazole rings is 1. The third kappa shape index (κ3) is 5.28. The monoisotopic (exact) mass is 303 g/mol. The molecule has 0 atom stereocenters. The molecular formula is C16H21N3OS. The summed E-state index contributed by atoms with van der Waals surface area (Å²) in [5.41, 5.74) is 2.15. The Morgan fingerprint density at radius 3 is 2.81 bits per heavy atom. The van der Waals surface area contributed by atoms with Crippen molar-refractivity contribution in [2.45, 2.75) is 26.3 Å². The summed E-state index contributed by atoms with van der Waals surface area (Å²) in [5, 5.41) is 9.24. The van der Waals surface area contributed by atoms with Crippen LogP contribution in [0.3, 0.4) is 0 Å². The van der Waals surface area contributed by atoms with Crippen molar-refractivity contribution < 1.29 is 4.79 Å². The number of aromatic nitrogens is 1. The van der Waals surface area contributed by atoms with Crippen molar-refractivity contribution in [2.75, 3.05) is 13.1 Å². The van der Waals surface area contributed by atoms with Crippen molar-refractivity contribution in [3.63, 3.8) is 0 Å². The van der Waals surface area contributed by atoms with Crippen LogP contribution in [0.5, 0.6) is 0 Å². The van der Waals surface area contributed by atoms with Crippen molar-refractivity contribution >= 4 is 17.2 Å². The third-order valence-corrected chi connectivity index (χ3v) is 3.85. The fourth-order valence-corrected chi connectivity index (χ4v) is 2.66. The van der Waals surface area contributed by atoms with Gasteiger partial charge in [-0.05, 0) is 6.42 Å². The lowest BCUT2D eigenvalue weighted by Gasteiger charge is -2.04. The molecular weight excluding hydrogens is 282 g/mol. The van der Waals surface area contributed by atoms with Gasteiger partial charge >= 0.3 is 0 Å². The number of amides is 1. The molecule has 0 aliphatic rings. The summed E-state index contributed by atoms with van der Waals surface area (Å²) in [7, 11) is 0. The van der Waals surface area contributed by atoms with Crippen molar-refractivity contribution in [1.29, 1.82) is 0 Å². The molecule has 0 saturated heterocycles. The molecule has 1 aromatic carbocycles. The van der Waals surface area contributed by atoms with Crippen LogP contribution < -0.4 is 10.6 Å². The largest absolute Gasteiger partial charge is 0.356 e. The van der Waals surface area contributed by atoms with Crippen molar-refractivity contribution in [3.05, 3.63) is 40.7 Å². The van der Waals surface area contributed by atoms with E-state index < -0.39 is 0 Å². The Morgan fingerprint density at radius 2 is 2.05 bits per heavy atom. The van der Waals surface area contributed by atoms with Crippen molar-refractivity contribution in [2.24, 2.45) is 0 Å². The fourth-order valence-electron chi connectivity index (χ4n) is 1.88. The highest BCUT2D eigenvalue weighted by atomic mass is 32.1. The van der Waals surface area contributed by atoms with Gasteiger partial charge in [0.2, 0.25) is 5.91 Å². The molecule has 0 aliphatic heterocycles. The highest BCUT2D eigenvalue weighted by molar-refractivity contribution is 7.09. The van der Waals surface area contributed by atoms with Crippen molar-refractivity contribution in [3.8, 4) is 11.3 Å². The molecule has 0 saturated carbocycles. The first-order chi connectivity index (χ1) is 10.3. The van der Waals surface area contributed by atoms with Gasteiger partial charge in [0.1, 0.15) is 5.01 Å². The second-order valence-electron chi connectivity index (χ2n) is 4.77. The van der Waals surface area contributed by atoms with Gasteiger partial charge in [0.05, 0.1) is 5.69 Å². The molecule has 112 valence electrons. The predicted molar refractivity (Wildman–Crippen MR) is 87.2 cm³/mol. The first-order valence-corrected chi connectivity index (χ1v) is 8.15. The van der Waals surface area contributed by atoms with E-state index in [0.717, 1.165) is 29.2 Å². The molecule has 0 fully saturated rings. The quantitative estimate of drug-likeness (QED) is 0.737. The molecule has 4 nitrogen and oxygen atoms in total. The summed E-state index contributed by atoms with van der Waals surface area (Å²) in [6.45, 7) is 4.19. The molecule has 0 unspecified atom stereocenters. The van der Waals surface area contributed by atoms with Gasteiger partial charge in [-0.2, -0.15) is 0 Å². The van der Waals surface area contributed by atoms with Crippen LogP contribution in [-0.2, 0) is 11.3 Å². The van der Waals surface area contributed by atoms with E-state index in [-0.39, 0.29) is 5.91 Å². The van der Waals surface area contributed by atoms with Gasteiger partial charge < -0.3 is 10.6 Å². The van der Waals surface area contributed by atoms with E-state index >= 15 is 0 Å². The van der Waals surface area contributed by atoms with E-state index in [2.05, 4.69) is 33.1 Å². The maximum Gasteiger partial charge on any atom is 0.221 e. The number of benzene rings is 1. The van der Waals surface area contributed by atoms with E-state index in [0.29, 0.717) is 19.5 Å². The van der Waals surface area contributed by atoms with Crippen LogP contribution in [0.4, 0.5) is 0 Å². The van der Waals surface area contributed by atoms with Gasteiger partial charge in [0, 0.05) is 37.0 Å². The second kappa shape index (κ2) is 8.54. The van der Waals surface area contributed by atoms with Gasteiger partial charge in [-0.15, -0.1) is 11.3 Å². The summed E-state index contributed by atoms with van der Waals surface area (Å²) >= 11 is 1.64. The molecule has 2 aromatic rings. The lowest BCUT2D eigenvalue weighted by molar-refractivity contribution is -0.120. The first kappa shape index (κ1) is 15.7. The molecule has 1 aromatic heterocycles. The Morgan fingerprint density at radius 1 is 1.24 bits per heavy atom. The molecule has 2 rings (SSSR count). The van der Waals surface area contributed by atoms with E-state index in [9.17, 15) is 4.79 Å². The highest BCUT2D eigenvalue weighted by Crippen LogP contribution is 2.21. The zero-order valence-corrected chi connectivity index (χ0v) is 13.1. The second-order valence-corrected chi connectivity index (χ2v) is 5.71. The Hall–Kier alpha value is -1.72. The van der Waals surface area contributed by atoms with Gasteiger partial charge in [-0.25, -0.2) is 4.98 Å². The standard InChI is InChI=1S/C16H21N3OS/c1-2-9-18-15(20)8-10-17-11-16-19-14(12-21-16)13-6-4-3-5-7-13/h3-7,12,17H,2,8-11H2,1H3,(H,18,20). The molecule has 1 heterocycles. The molecule has 1 amide bonds. The minimum absolute atomic E-state index is 0.105. The lowest BCUT2D eigenvalue weighted by atomic mass is 10.2. The maximum absolute atomic E-state index is 11.4. The maximum atomic E-state index is 11.4. The van der Waals surface area contributed by atoms with Gasteiger partial charge in [0.25, 0.3) is 0 Å². The normalized spacial score (nSPS) is 10.5. The number of hydrogen-bond donors (Lipinski definition) is 2. The van der Waals surface area contributed by atoms with E-state index in [1.807, 2.05) is 25.1 Å². The summed E-state index contributed by atoms with van der Waals surface area (Å²) < 4.78 is 0. The van der Waals surface area contributed by atoms with E-state index in [4.69, 9.17) is 0 Å². The molecule has 0 spiro atoms. The number of nitrogens with zero attached hydrogens (tertiary/aromatic N) is 1. The van der Waals surface area contributed by atoms with Crippen LogP contribution in [0.25, 0.3) is 11.3 Å². The van der Waals surface area contributed by atoms with Gasteiger partial charge in [-0.1, -0.05) is 37.3 Å². The minimum Gasteiger partial charge on any atom is -0.356 e. The summed E-state index contributed by atoms with van der Waals surface area (Å²) in [5.74, 6) is 0.105. The number of nitrogens with one attached hydrogen (secondary N) is 2. The van der Waals surface area contributed by atoms with Crippen molar-refractivity contribution in [1.82, 2.24) is 15.6 Å². The summed E-state index contributed by atoms with van der Waals surface area (Å²) in [6, 6.07) is 10.2. The van der Waals surface area contributed by atoms with Crippen LogP contribution in [0.2, 0.25) is 0 Å². The summed E-state index contributed by atoms with van der Waals surface area (Å²) in [6.07, 6.45) is 1.48. The molecule has 0 aliphatic carbocycles. The topological polar surface area (TPSA) is 54.0 Å². The van der Waals surface area contributed by atoms with Crippen LogP contribution in [0, 0.1) is 0 Å². The van der Waals surface area contributed by atoms with E-state index in [1.165, 1.54) is 0 Å². The average Bonchev–Trinajstić information content (AvgIpc) is 2.99. The third-order valence-electron chi connectivity index (χ3n) is 3.00. The Labute approximate surface area is 129 Å². The Balaban J connectivity index is 1.72. The lowest BCUT2D eigenvalue weighted by Crippen LogP contribution is -2.27. The number of hydrogen-bond acceptors (Lipinski definition) is 4. The van der Waals surface area contributed by atoms with Crippen LogP contribution in [0.1, 0.15) is 24.8 Å². The first-order valence-electron chi connectivity index (χ1n) is 7.27. The molecule has 0 bridgehead atoms. The Bertz CT molecular complexity index is 554. The molecule has 2 N–H and O–H groups in total. The predicted octanol–water partition coefficient (Wildman–Crippen LogP) is 2.82. The number of rotatable bonds is 8. The molecule has 5 heteroatoms. The highest BCUT2D eigenvalue weighted by Gasteiger charge is 2.04. The zero-order chi connectivity index (χ0) is 14.9. The van der Waals surface area contributed by atoms with Gasteiger partial charge in [-0.3, -0.25) is 4.79 Å². The van der Waals surface area contributed by atoms with E-state index in [1.54, 1.807) is 11.3 Å². The minimum atomic E-state index is 0.105. The van der Waals surface area contributed by atoms with Crippen LogP contribution >= 0.6 is 11.3 Å². The smallest absolute Gasteiger partial charge is 0.221 e. The Kier molecular flexibility index (Phi) is 6.37. The van der Waals surface area contributed by atoms with Crippen LogP contribution in [0.15, 0.2) is 35.7 Å². The SMILES string of the molecule is CCCNC(=O)CCNCc1nc(-c2ccccc2)cs1. The summed E-state index contributed by atoms with van der Waals surface area (Å²) in [4.78, 5) is 16.0. The zero-order valence-electron chi connectivity index (χ0n) is 12.3. The fraction of sp³-hybridized carbons (Fsp3) is 0.375. The number of carbonyl (C=O) groups is 1.